The van der Waals surface area contributed by atoms with E-state index in [0.29, 0.717) is 24.7 Å². The van der Waals surface area contributed by atoms with Crippen LogP contribution in [0, 0.1) is 11.8 Å². The van der Waals surface area contributed by atoms with Crippen molar-refractivity contribution in [1.29, 1.82) is 0 Å². The summed E-state index contributed by atoms with van der Waals surface area (Å²) in [7, 11) is 0. The Labute approximate surface area is 174 Å². The number of ether oxygens (including phenoxy) is 2. The third-order valence-electron chi connectivity index (χ3n) is 5.86. The summed E-state index contributed by atoms with van der Waals surface area (Å²) in [5, 5.41) is 1.85. The summed E-state index contributed by atoms with van der Waals surface area (Å²) in [6.45, 7) is 1.39. The Morgan fingerprint density at radius 2 is 1.80 bits per heavy atom. The van der Waals surface area contributed by atoms with Crippen LogP contribution in [0.15, 0.2) is 48.5 Å². The second-order valence-corrected chi connectivity index (χ2v) is 8.27. The summed E-state index contributed by atoms with van der Waals surface area (Å²) < 4.78 is 48.4. The van der Waals surface area contributed by atoms with Crippen molar-refractivity contribution in [2.45, 2.75) is 44.5 Å². The number of alkyl halides is 3. The summed E-state index contributed by atoms with van der Waals surface area (Å²) >= 11 is 0. The zero-order chi connectivity index (χ0) is 21.1. The van der Waals surface area contributed by atoms with Crippen LogP contribution < -0.4 is 15.3 Å². The predicted molar refractivity (Wildman–Crippen MR) is 108 cm³/mol. The summed E-state index contributed by atoms with van der Waals surface area (Å²) in [5.41, 5.74) is 1.85. The predicted octanol–water partition coefficient (Wildman–Crippen LogP) is 5.24. The van der Waals surface area contributed by atoms with Crippen LogP contribution in [0.5, 0.6) is 11.5 Å². The first-order valence-corrected chi connectivity index (χ1v) is 10.5. The molecule has 7 heteroatoms. The van der Waals surface area contributed by atoms with Gasteiger partial charge in [-0.15, -0.1) is 13.2 Å². The first-order chi connectivity index (χ1) is 14.4. The normalized spacial score (nSPS) is 22.7. The monoisotopic (exact) mass is 420 g/mol. The molecule has 0 radical (unpaired) electrons. The Balaban J connectivity index is 1.60. The average molecular weight is 420 g/mol. The van der Waals surface area contributed by atoms with Gasteiger partial charge >= 0.3 is 6.36 Å². The lowest BCUT2D eigenvalue weighted by molar-refractivity contribution is -0.274. The lowest BCUT2D eigenvalue weighted by atomic mass is 9.81. The van der Waals surface area contributed by atoms with Crippen molar-refractivity contribution in [3.05, 3.63) is 59.7 Å². The van der Waals surface area contributed by atoms with Gasteiger partial charge in [0.15, 0.2) is 0 Å². The molecule has 2 aliphatic rings. The minimum atomic E-state index is -4.72. The fraction of sp³-hybridized carbons (Fsp3) is 0.478. The van der Waals surface area contributed by atoms with Crippen molar-refractivity contribution < 1.29 is 22.6 Å². The highest BCUT2D eigenvalue weighted by Gasteiger charge is 2.34. The summed E-state index contributed by atoms with van der Waals surface area (Å²) in [4.78, 5) is 0. The molecule has 1 saturated carbocycles. The molecule has 1 heterocycles. The van der Waals surface area contributed by atoms with Crippen molar-refractivity contribution >= 4 is 0 Å². The molecule has 30 heavy (non-hydrogen) atoms. The number of halogens is 3. The van der Waals surface area contributed by atoms with Gasteiger partial charge in [-0.25, -0.2) is 5.01 Å². The van der Waals surface area contributed by atoms with E-state index in [1.807, 2.05) is 23.2 Å². The van der Waals surface area contributed by atoms with Gasteiger partial charge < -0.3 is 9.47 Å². The van der Waals surface area contributed by atoms with E-state index in [9.17, 15) is 13.2 Å². The Bertz CT molecular complexity index is 840. The van der Waals surface area contributed by atoms with E-state index in [4.69, 9.17) is 10.6 Å². The summed E-state index contributed by atoms with van der Waals surface area (Å²) in [6.07, 6.45) is 0.0273. The molecule has 0 bridgehead atoms. The second-order valence-electron chi connectivity index (χ2n) is 8.27. The van der Waals surface area contributed by atoms with Crippen LogP contribution in [-0.4, -0.2) is 24.5 Å². The number of rotatable bonds is 7. The molecule has 0 amide bonds. The van der Waals surface area contributed by atoms with Gasteiger partial charge in [0.2, 0.25) is 0 Å². The number of nitrogens with two attached hydrogens (primary N) is 1. The highest BCUT2D eigenvalue weighted by molar-refractivity contribution is 5.41. The maximum atomic E-state index is 12.8. The number of piperidine rings is 1. The van der Waals surface area contributed by atoms with E-state index in [1.165, 1.54) is 12.1 Å². The molecule has 2 aromatic carbocycles. The lowest BCUT2D eigenvalue weighted by Crippen LogP contribution is -2.44. The fourth-order valence-corrected chi connectivity index (χ4v) is 4.26. The van der Waals surface area contributed by atoms with Gasteiger partial charge in [0.05, 0.1) is 12.6 Å². The molecule has 1 aliphatic carbocycles. The number of hydrogen-bond acceptors (Lipinski definition) is 4. The molecular weight excluding hydrogens is 393 g/mol. The minimum Gasteiger partial charge on any atom is -0.493 e. The molecule has 4 rings (SSSR count). The zero-order valence-corrected chi connectivity index (χ0v) is 16.8. The SMILES string of the molecule is NN1CCCC(Cc2cc(OC(F)(F)F)ccc2OCC2CC2)C1c1ccccc1. The largest absolute Gasteiger partial charge is 0.573 e. The van der Waals surface area contributed by atoms with Crippen LogP contribution in [-0.2, 0) is 6.42 Å². The highest BCUT2D eigenvalue weighted by atomic mass is 19.4. The van der Waals surface area contributed by atoms with Crippen molar-refractivity contribution in [3.63, 3.8) is 0 Å². The van der Waals surface area contributed by atoms with Crippen LogP contribution in [0.3, 0.4) is 0 Å². The smallest absolute Gasteiger partial charge is 0.493 e. The van der Waals surface area contributed by atoms with E-state index in [0.717, 1.165) is 43.4 Å². The Morgan fingerprint density at radius 3 is 2.50 bits per heavy atom. The van der Waals surface area contributed by atoms with Gasteiger partial charge in [-0.3, -0.25) is 5.84 Å². The maximum absolute atomic E-state index is 12.8. The van der Waals surface area contributed by atoms with Crippen molar-refractivity contribution in [3.8, 4) is 11.5 Å². The topological polar surface area (TPSA) is 47.7 Å². The molecule has 2 atom stereocenters. The highest BCUT2D eigenvalue weighted by Crippen LogP contribution is 2.39. The van der Waals surface area contributed by atoms with Crippen LogP contribution >= 0.6 is 0 Å². The molecule has 0 aromatic heterocycles. The van der Waals surface area contributed by atoms with Crippen molar-refractivity contribution in [2.24, 2.45) is 17.7 Å². The van der Waals surface area contributed by atoms with Crippen LogP contribution in [0.4, 0.5) is 13.2 Å². The molecule has 162 valence electrons. The molecule has 0 spiro atoms. The number of nitrogens with zero attached hydrogens (tertiary/aromatic N) is 1. The molecule has 2 fully saturated rings. The zero-order valence-electron chi connectivity index (χ0n) is 16.8. The quantitative estimate of drug-likeness (QED) is 0.622. The molecule has 2 unspecified atom stereocenters. The van der Waals surface area contributed by atoms with Crippen LogP contribution in [0.25, 0.3) is 0 Å². The molecule has 1 aliphatic heterocycles. The fourth-order valence-electron chi connectivity index (χ4n) is 4.26. The molecule has 2 aromatic rings. The third kappa shape index (κ3) is 5.46. The molecule has 4 nitrogen and oxygen atoms in total. The number of hydrazine groups is 1. The van der Waals surface area contributed by atoms with Gasteiger partial charge in [0, 0.05) is 6.54 Å². The van der Waals surface area contributed by atoms with E-state index >= 15 is 0 Å². The van der Waals surface area contributed by atoms with Gasteiger partial charge in [-0.2, -0.15) is 0 Å². The average Bonchev–Trinajstić information content (AvgIpc) is 3.51. The molecule has 1 saturated heterocycles. The van der Waals surface area contributed by atoms with Crippen LogP contribution in [0.1, 0.15) is 42.9 Å². The van der Waals surface area contributed by atoms with Gasteiger partial charge in [0.1, 0.15) is 11.5 Å². The summed E-state index contributed by atoms with van der Waals surface area (Å²) in [6, 6.07) is 14.4. The van der Waals surface area contributed by atoms with Crippen molar-refractivity contribution in [1.82, 2.24) is 5.01 Å². The van der Waals surface area contributed by atoms with E-state index < -0.39 is 6.36 Å². The second kappa shape index (κ2) is 8.86. The van der Waals surface area contributed by atoms with E-state index in [2.05, 4.69) is 16.9 Å². The minimum absolute atomic E-state index is 0.00317. The lowest BCUT2D eigenvalue weighted by Gasteiger charge is -2.39. The third-order valence-corrected chi connectivity index (χ3v) is 5.86. The molecular formula is C23H27F3N2O2. The number of benzene rings is 2. The number of hydrogen-bond donors (Lipinski definition) is 1. The standard InChI is InChI=1S/C23H27F3N2O2/c24-23(25,26)30-20-10-11-21(29-15-16-8-9-16)19(14-20)13-18-7-4-12-28(27)22(18)17-5-2-1-3-6-17/h1-3,5-6,10-11,14,16,18,22H,4,7-9,12-13,15,27H2. The first kappa shape index (κ1) is 21.0. The van der Waals surface area contributed by atoms with E-state index in [1.54, 1.807) is 6.07 Å². The summed E-state index contributed by atoms with van der Waals surface area (Å²) in [5.74, 6) is 7.48. The van der Waals surface area contributed by atoms with Gasteiger partial charge in [-0.1, -0.05) is 30.3 Å². The van der Waals surface area contributed by atoms with Gasteiger partial charge in [0.25, 0.3) is 0 Å². The van der Waals surface area contributed by atoms with E-state index in [-0.39, 0.29) is 17.7 Å². The Morgan fingerprint density at radius 1 is 1.03 bits per heavy atom. The van der Waals surface area contributed by atoms with Gasteiger partial charge in [-0.05, 0) is 73.3 Å². The van der Waals surface area contributed by atoms with Crippen LogP contribution in [0.2, 0.25) is 0 Å². The Kier molecular flexibility index (Phi) is 6.20. The maximum Gasteiger partial charge on any atom is 0.573 e. The first-order valence-electron chi connectivity index (χ1n) is 10.5. The van der Waals surface area contributed by atoms with Crippen molar-refractivity contribution in [2.75, 3.05) is 13.2 Å². The molecule has 2 N–H and O–H groups in total. The Hall–Kier alpha value is -2.25.